The van der Waals surface area contributed by atoms with Crippen molar-refractivity contribution in [3.05, 3.63) is 82.0 Å². The first-order chi connectivity index (χ1) is 14.2. The SMILES string of the molecule is OC(c1ccc2c(c1)OCO2)c1[nH]c2ncccc2c1SC1=CC=C(Cl)C=CC1. The van der Waals surface area contributed by atoms with Gasteiger partial charge in [-0.15, -0.1) is 0 Å². The monoisotopic (exact) mass is 424 g/mol. The van der Waals surface area contributed by atoms with Crippen LogP contribution in [0.2, 0.25) is 0 Å². The molecule has 0 saturated heterocycles. The number of aromatic amines is 1. The third kappa shape index (κ3) is 3.55. The Morgan fingerprint density at radius 1 is 1.17 bits per heavy atom. The van der Waals surface area contributed by atoms with Gasteiger partial charge >= 0.3 is 0 Å². The minimum absolute atomic E-state index is 0.198. The molecule has 0 spiro atoms. The zero-order chi connectivity index (χ0) is 19.8. The molecule has 1 atom stereocenters. The number of nitrogens with zero attached hydrogens (tertiary/aromatic N) is 1. The highest BCUT2D eigenvalue weighted by molar-refractivity contribution is 8.03. The van der Waals surface area contributed by atoms with E-state index in [1.807, 2.05) is 54.6 Å². The molecule has 1 unspecified atom stereocenters. The van der Waals surface area contributed by atoms with E-state index in [0.717, 1.165) is 32.8 Å². The standard InChI is InChI=1S/C22H17ClN2O3S/c23-14-3-1-4-15(8-7-14)29-21-16-5-2-10-24-22(16)25-19(21)20(26)13-6-9-17-18(11-13)28-12-27-17/h1-3,5-11,20,26H,4,12H2,(H,24,25). The molecule has 5 rings (SSSR count). The van der Waals surface area contributed by atoms with Crippen LogP contribution >= 0.6 is 23.4 Å². The molecule has 1 aliphatic heterocycles. The van der Waals surface area contributed by atoms with Crippen LogP contribution in [0.3, 0.4) is 0 Å². The summed E-state index contributed by atoms with van der Waals surface area (Å²) in [4.78, 5) is 9.81. The van der Waals surface area contributed by atoms with Crippen LogP contribution in [0.1, 0.15) is 23.8 Å². The molecule has 0 saturated carbocycles. The molecule has 3 aromatic rings. The number of rotatable bonds is 4. The topological polar surface area (TPSA) is 67.4 Å². The van der Waals surface area contributed by atoms with E-state index >= 15 is 0 Å². The molecule has 0 bridgehead atoms. The van der Waals surface area contributed by atoms with Gasteiger partial charge in [-0.25, -0.2) is 4.98 Å². The van der Waals surface area contributed by atoms with Crippen LogP contribution in [-0.2, 0) is 0 Å². The third-order valence-electron chi connectivity index (χ3n) is 4.79. The van der Waals surface area contributed by atoms with Gasteiger partial charge in [0.1, 0.15) is 11.8 Å². The maximum atomic E-state index is 11.2. The quantitative estimate of drug-likeness (QED) is 0.584. The summed E-state index contributed by atoms with van der Waals surface area (Å²) in [6, 6.07) is 9.39. The van der Waals surface area contributed by atoms with Crippen LogP contribution in [0, 0.1) is 0 Å². The zero-order valence-corrected chi connectivity index (χ0v) is 16.8. The van der Waals surface area contributed by atoms with Gasteiger partial charge < -0.3 is 19.6 Å². The van der Waals surface area contributed by atoms with E-state index in [9.17, 15) is 5.11 Å². The van der Waals surface area contributed by atoms with Crippen molar-refractivity contribution >= 4 is 34.4 Å². The van der Waals surface area contributed by atoms with Crippen molar-refractivity contribution in [2.24, 2.45) is 0 Å². The van der Waals surface area contributed by atoms with Gasteiger partial charge in [0.2, 0.25) is 6.79 Å². The summed E-state index contributed by atoms with van der Waals surface area (Å²) < 4.78 is 10.8. The summed E-state index contributed by atoms with van der Waals surface area (Å²) in [5, 5.41) is 12.9. The molecule has 29 heavy (non-hydrogen) atoms. The summed E-state index contributed by atoms with van der Waals surface area (Å²) in [6.45, 7) is 0.198. The Labute approximate surface area is 176 Å². The van der Waals surface area contributed by atoms with E-state index in [1.54, 1.807) is 18.0 Å². The maximum Gasteiger partial charge on any atom is 0.231 e. The first-order valence-electron chi connectivity index (χ1n) is 9.14. The number of H-pyrrole nitrogens is 1. The van der Waals surface area contributed by atoms with Crippen LogP contribution in [0.15, 0.2) is 75.7 Å². The number of allylic oxidation sites excluding steroid dienone is 6. The van der Waals surface area contributed by atoms with E-state index in [0.29, 0.717) is 22.2 Å². The minimum atomic E-state index is -0.859. The first-order valence-corrected chi connectivity index (χ1v) is 10.3. The maximum absolute atomic E-state index is 11.2. The molecule has 0 amide bonds. The lowest BCUT2D eigenvalue weighted by Crippen LogP contribution is -2.01. The molecule has 2 aromatic heterocycles. The van der Waals surface area contributed by atoms with Crippen molar-refractivity contribution in [1.82, 2.24) is 9.97 Å². The molecule has 0 radical (unpaired) electrons. The van der Waals surface area contributed by atoms with Crippen molar-refractivity contribution in [2.45, 2.75) is 17.4 Å². The van der Waals surface area contributed by atoms with Gasteiger partial charge in [0.15, 0.2) is 11.5 Å². The summed E-state index contributed by atoms with van der Waals surface area (Å²) >= 11 is 7.72. The van der Waals surface area contributed by atoms with Gasteiger partial charge in [0, 0.05) is 21.5 Å². The average molecular weight is 425 g/mol. The molecule has 5 nitrogen and oxygen atoms in total. The van der Waals surface area contributed by atoms with Crippen molar-refractivity contribution in [1.29, 1.82) is 0 Å². The lowest BCUT2D eigenvalue weighted by molar-refractivity contribution is 0.173. The van der Waals surface area contributed by atoms with Gasteiger partial charge in [0.25, 0.3) is 0 Å². The van der Waals surface area contributed by atoms with E-state index in [-0.39, 0.29) is 6.79 Å². The van der Waals surface area contributed by atoms with E-state index in [1.165, 1.54) is 0 Å². The molecule has 0 fully saturated rings. The number of thioether (sulfide) groups is 1. The Morgan fingerprint density at radius 2 is 2.07 bits per heavy atom. The molecule has 3 heterocycles. The van der Waals surface area contributed by atoms with Gasteiger partial charge in [-0.05, 0) is 53.3 Å². The number of hydrogen-bond acceptors (Lipinski definition) is 5. The lowest BCUT2D eigenvalue weighted by atomic mass is 10.1. The number of pyridine rings is 1. The smallest absolute Gasteiger partial charge is 0.231 e. The fourth-order valence-electron chi connectivity index (χ4n) is 3.36. The molecular weight excluding hydrogens is 408 g/mol. The van der Waals surface area contributed by atoms with Crippen LogP contribution in [0.5, 0.6) is 11.5 Å². The van der Waals surface area contributed by atoms with Crippen LogP contribution in [0.4, 0.5) is 0 Å². The number of nitrogens with one attached hydrogen (secondary N) is 1. The lowest BCUT2D eigenvalue weighted by Gasteiger charge is -2.13. The molecule has 7 heteroatoms. The fourth-order valence-corrected chi connectivity index (χ4v) is 4.64. The second-order valence-corrected chi connectivity index (χ2v) is 8.25. The van der Waals surface area contributed by atoms with Crippen molar-refractivity contribution in [2.75, 3.05) is 6.79 Å². The van der Waals surface area contributed by atoms with Crippen molar-refractivity contribution in [3.8, 4) is 11.5 Å². The molecular formula is C22H17ClN2O3S. The number of hydrogen-bond donors (Lipinski definition) is 2. The Bertz CT molecular complexity index is 1180. The number of aromatic nitrogens is 2. The Hall–Kier alpha value is -2.67. The largest absolute Gasteiger partial charge is 0.454 e. The van der Waals surface area contributed by atoms with Crippen LogP contribution < -0.4 is 9.47 Å². The summed E-state index contributed by atoms with van der Waals surface area (Å²) in [5.41, 5.74) is 2.16. The number of ether oxygens (including phenoxy) is 2. The predicted molar refractivity (Wildman–Crippen MR) is 114 cm³/mol. The molecule has 146 valence electrons. The molecule has 1 aromatic carbocycles. The normalized spacial score (nSPS) is 16.5. The highest BCUT2D eigenvalue weighted by Gasteiger charge is 2.24. The van der Waals surface area contributed by atoms with Gasteiger partial charge in [0.05, 0.1) is 5.69 Å². The number of aliphatic hydroxyl groups is 1. The number of benzene rings is 1. The third-order valence-corrected chi connectivity index (χ3v) is 6.25. The molecule has 2 aliphatic rings. The van der Waals surface area contributed by atoms with Crippen molar-refractivity contribution < 1.29 is 14.6 Å². The average Bonchev–Trinajstić information content (AvgIpc) is 3.29. The van der Waals surface area contributed by atoms with Gasteiger partial charge in [-0.1, -0.05) is 41.6 Å². The van der Waals surface area contributed by atoms with Gasteiger partial charge in [-0.3, -0.25) is 0 Å². The van der Waals surface area contributed by atoms with E-state index < -0.39 is 6.10 Å². The van der Waals surface area contributed by atoms with Crippen LogP contribution in [0.25, 0.3) is 11.0 Å². The first kappa shape index (κ1) is 18.4. The Kier molecular flexibility index (Phi) is 4.83. The summed E-state index contributed by atoms with van der Waals surface area (Å²) in [7, 11) is 0. The van der Waals surface area contributed by atoms with Gasteiger partial charge in [-0.2, -0.15) is 0 Å². The second-order valence-electron chi connectivity index (χ2n) is 6.68. The number of fused-ring (bicyclic) bond motifs is 2. The second kappa shape index (κ2) is 7.63. The van der Waals surface area contributed by atoms with E-state index in [2.05, 4.69) is 9.97 Å². The number of halogens is 1. The Balaban J connectivity index is 1.57. The minimum Gasteiger partial charge on any atom is -0.454 e. The predicted octanol–water partition coefficient (Wildman–Crippen LogP) is 5.43. The molecule has 2 N–H and O–H groups in total. The highest BCUT2D eigenvalue weighted by Crippen LogP contribution is 2.42. The van der Waals surface area contributed by atoms with Crippen molar-refractivity contribution in [3.63, 3.8) is 0 Å². The summed E-state index contributed by atoms with van der Waals surface area (Å²) in [5.74, 6) is 1.33. The summed E-state index contributed by atoms with van der Waals surface area (Å²) in [6.07, 6.45) is 9.47. The zero-order valence-electron chi connectivity index (χ0n) is 15.3. The molecule has 1 aliphatic carbocycles. The number of aliphatic hydroxyl groups excluding tert-OH is 1. The Morgan fingerprint density at radius 3 is 3.00 bits per heavy atom. The van der Waals surface area contributed by atoms with E-state index in [4.69, 9.17) is 21.1 Å². The van der Waals surface area contributed by atoms with Crippen LogP contribution in [-0.4, -0.2) is 21.9 Å². The fraction of sp³-hybridized carbons (Fsp3) is 0.136. The highest BCUT2D eigenvalue weighted by atomic mass is 35.5.